The Kier molecular flexibility index (Phi) is 5.94. The van der Waals surface area contributed by atoms with Gasteiger partial charge in [0.1, 0.15) is 0 Å². The molecule has 0 saturated heterocycles. The molecule has 0 aliphatic carbocycles. The highest BCUT2D eigenvalue weighted by atomic mass is 32.2. The molecule has 0 aromatic heterocycles. The zero-order chi connectivity index (χ0) is 13.5. The molecule has 0 heterocycles. The van der Waals surface area contributed by atoms with Crippen LogP contribution in [0.5, 0.6) is 0 Å². The summed E-state index contributed by atoms with van der Waals surface area (Å²) in [7, 11) is 0. The molecule has 0 bridgehead atoms. The lowest BCUT2D eigenvalue weighted by atomic mass is 10.3. The predicted molar refractivity (Wildman–Crippen MR) is 79.3 cm³/mol. The van der Waals surface area contributed by atoms with Crippen molar-refractivity contribution in [1.29, 1.82) is 0 Å². The van der Waals surface area contributed by atoms with Gasteiger partial charge in [-0.1, -0.05) is 0 Å². The van der Waals surface area contributed by atoms with E-state index in [4.69, 9.17) is 17.3 Å². The maximum Gasteiger partial charge on any atom is 0.313 e. The van der Waals surface area contributed by atoms with Crippen LogP contribution >= 0.6 is 24.0 Å². The topological polar surface area (TPSA) is 61.4 Å². The van der Waals surface area contributed by atoms with E-state index < -0.39 is 5.97 Å². The fraction of sp³-hybridized carbons (Fsp3) is 0.333. The number of carbonyl (C=O) groups is 1. The van der Waals surface area contributed by atoms with Crippen molar-refractivity contribution in [3.8, 4) is 0 Å². The third-order valence-electron chi connectivity index (χ3n) is 1.89. The normalized spacial score (nSPS) is 10.2. The second kappa shape index (κ2) is 7.23. The van der Waals surface area contributed by atoms with Crippen LogP contribution in [0, 0.1) is 0 Å². The Morgan fingerprint density at radius 1 is 1.39 bits per heavy atom. The van der Waals surface area contributed by atoms with Gasteiger partial charge in [0.15, 0.2) is 5.11 Å². The van der Waals surface area contributed by atoms with Gasteiger partial charge in [-0.25, -0.2) is 0 Å². The zero-order valence-electron chi connectivity index (χ0n) is 10.3. The van der Waals surface area contributed by atoms with Gasteiger partial charge in [0.2, 0.25) is 0 Å². The van der Waals surface area contributed by atoms with Crippen LogP contribution in [0.15, 0.2) is 29.2 Å². The maximum absolute atomic E-state index is 10.4. The van der Waals surface area contributed by atoms with E-state index in [1.165, 1.54) is 11.8 Å². The van der Waals surface area contributed by atoms with Gasteiger partial charge in [-0.2, -0.15) is 0 Å². The molecule has 18 heavy (non-hydrogen) atoms. The molecule has 3 N–H and O–H groups in total. The van der Waals surface area contributed by atoms with Gasteiger partial charge in [0.05, 0.1) is 5.75 Å². The van der Waals surface area contributed by atoms with E-state index in [2.05, 4.69) is 10.6 Å². The average Bonchev–Trinajstić information content (AvgIpc) is 2.26. The minimum absolute atomic E-state index is 0.0695. The lowest BCUT2D eigenvalue weighted by Crippen LogP contribution is -2.33. The molecule has 98 valence electrons. The van der Waals surface area contributed by atoms with Gasteiger partial charge in [0, 0.05) is 16.6 Å². The van der Waals surface area contributed by atoms with Crippen LogP contribution in [-0.2, 0) is 4.79 Å². The van der Waals surface area contributed by atoms with Crippen LogP contribution in [0.1, 0.15) is 13.8 Å². The summed E-state index contributed by atoms with van der Waals surface area (Å²) in [6.07, 6.45) is 0. The van der Waals surface area contributed by atoms with E-state index in [1.807, 2.05) is 38.1 Å². The number of carboxylic acids is 1. The van der Waals surface area contributed by atoms with Gasteiger partial charge in [0.25, 0.3) is 0 Å². The van der Waals surface area contributed by atoms with Crippen molar-refractivity contribution in [2.24, 2.45) is 0 Å². The first-order chi connectivity index (χ1) is 8.47. The molecular formula is C12H16N2O2S2. The van der Waals surface area contributed by atoms with Crippen LogP contribution < -0.4 is 10.6 Å². The van der Waals surface area contributed by atoms with Crippen LogP contribution in [0.25, 0.3) is 0 Å². The molecule has 0 unspecified atom stereocenters. The Hall–Kier alpha value is -1.27. The molecule has 0 fully saturated rings. The summed E-state index contributed by atoms with van der Waals surface area (Å²) in [5, 5.41) is 15.3. The van der Waals surface area contributed by atoms with E-state index in [1.54, 1.807) is 0 Å². The summed E-state index contributed by atoms with van der Waals surface area (Å²) in [6.45, 7) is 4.03. The number of rotatable bonds is 5. The summed E-state index contributed by atoms with van der Waals surface area (Å²) in [4.78, 5) is 11.4. The number of hydrogen-bond donors (Lipinski definition) is 3. The number of nitrogens with one attached hydrogen (secondary N) is 2. The molecule has 0 amide bonds. The van der Waals surface area contributed by atoms with E-state index in [0.29, 0.717) is 5.11 Å². The molecule has 0 aliphatic rings. The summed E-state index contributed by atoms with van der Waals surface area (Å²) in [5.74, 6) is -0.746. The van der Waals surface area contributed by atoms with Gasteiger partial charge >= 0.3 is 5.97 Å². The maximum atomic E-state index is 10.4. The smallest absolute Gasteiger partial charge is 0.313 e. The highest BCUT2D eigenvalue weighted by Crippen LogP contribution is 2.20. The third-order valence-corrected chi connectivity index (χ3v) is 3.11. The Labute approximate surface area is 116 Å². The minimum atomic E-state index is -0.815. The molecule has 1 aromatic rings. The monoisotopic (exact) mass is 284 g/mol. The number of thiocarbonyl (C=S) groups is 1. The van der Waals surface area contributed by atoms with Gasteiger partial charge in [-0.15, -0.1) is 11.8 Å². The molecular weight excluding hydrogens is 268 g/mol. The summed E-state index contributed by atoms with van der Waals surface area (Å²) in [6, 6.07) is 7.77. The molecule has 0 radical (unpaired) electrons. The minimum Gasteiger partial charge on any atom is -0.481 e. The Bertz CT molecular complexity index is 419. The largest absolute Gasteiger partial charge is 0.481 e. The van der Waals surface area contributed by atoms with Crippen molar-refractivity contribution >= 4 is 40.7 Å². The first-order valence-electron chi connectivity index (χ1n) is 5.49. The van der Waals surface area contributed by atoms with E-state index in [0.717, 1.165) is 10.6 Å². The SMILES string of the molecule is CC(C)NC(=S)Nc1ccc(SCC(=O)O)cc1. The molecule has 0 spiro atoms. The summed E-state index contributed by atoms with van der Waals surface area (Å²) >= 11 is 6.42. The van der Waals surface area contributed by atoms with Crippen molar-refractivity contribution in [3.05, 3.63) is 24.3 Å². The number of anilines is 1. The van der Waals surface area contributed by atoms with Gasteiger partial charge < -0.3 is 15.7 Å². The predicted octanol–water partition coefficient (Wildman–Crippen LogP) is 2.56. The summed E-state index contributed by atoms with van der Waals surface area (Å²) < 4.78 is 0. The van der Waals surface area contributed by atoms with Crippen molar-refractivity contribution in [1.82, 2.24) is 5.32 Å². The number of thioether (sulfide) groups is 1. The summed E-state index contributed by atoms with van der Waals surface area (Å²) in [5.41, 5.74) is 0.882. The number of aliphatic carboxylic acids is 1. The Morgan fingerprint density at radius 2 is 2.00 bits per heavy atom. The third kappa shape index (κ3) is 5.88. The Balaban J connectivity index is 2.49. The highest BCUT2D eigenvalue weighted by Gasteiger charge is 2.01. The van der Waals surface area contributed by atoms with E-state index in [-0.39, 0.29) is 11.8 Å². The molecule has 1 rings (SSSR count). The lowest BCUT2D eigenvalue weighted by molar-refractivity contribution is -0.133. The second-order valence-corrected chi connectivity index (χ2v) is 5.42. The van der Waals surface area contributed by atoms with E-state index in [9.17, 15) is 4.79 Å². The zero-order valence-corrected chi connectivity index (χ0v) is 11.9. The molecule has 6 heteroatoms. The van der Waals surface area contributed by atoms with Gasteiger partial charge in [-0.3, -0.25) is 4.79 Å². The first kappa shape index (κ1) is 14.8. The number of benzene rings is 1. The van der Waals surface area contributed by atoms with Crippen LogP contribution in [-0.4, -0.2) is 28.0 Å². The molecule has 4 nitrogen and oxygen atoms in total. The van der Waals surface area contributed by atoms with Crippen LogP contribution in [0.4, 0.5) is 5.69 Å². The average molecular weight is 284 g/mol. The fourth-order valence-corrected chi connectivity index (χ4v) is 2.18. The van der Waals surface area contributed by atoms with E-state index >= 15 is 0 Å². The van der Waals surface area contributed by atoms with Crippen molar-refractivity contribution in [2.45, 2.75) is 24.8 Å². The van der Waals surface area contributed by atoms with Crippen LogP contribution in [0.3, 0.4) is 0 Å². The first-order valence-corrected chi connectivity index (χ1v) is 6.89. The molecule has 1 aromatic carbocycles. The number of carboxylic acid groups (broad SMARTS) is 1. The van der Waals surface area contributed by atoms with Crippen molar-refractivity contribution in [3.63, 3.8) is 0 Å². The van der Waals surface area contributed by atoms with Crippen LogP contribution in [0.2, 0.25) is 0 Å². The standard InChI is InChI=1S/C12H16N2O2S2/c1-8(2)13-12(17)14-9-3-5-10(6-4-9)18-7-11(15)16/h3-6,8H,7H2,1-2H3,(H,15,16)(H2,13,14,17). The quantitative estimate of drug-likeness (QED) is 0.570. The Morgan fingerprint density at radius 3 is 2.50 bits per heavy atom. The van der Waals surface area contributed by atoms with Gasteiger partial charge in [-0.05, 0) is 50.3 Å². The lowest BCUT2D eigenvalue weighted by Gasteiger charge is -2.13. The van der Waals surface area contributed by atoms with Crippen molar-refractivity contribution in [2.75, 3.05) is 11.1 Å². The molecule has 0 saturated carbocycles. The molecule has 0 atom stereocenters. The fourth-order valence-electron chi connectivity index (χ4n) is 1.21. The molecule has 0 aliphatic heterocycles. The number of hydrogen-bond acceptors (Lipinski definition) is 3. The van der Waals surface area contributed by atoms with Crippen molar-refractivity contribution < 1.29 is 9.90 Å². The second-order valence-electron chi connectivity index (χ2n) is 3.96. The highest BCUT2D eigenvalue weighted by molar-refractivity contribution is 8.00.